The number of amides is 1. The molecule has 1 saturated heterocycles. The molecule has 0 spiro atoms. The number of hydrogen-bond donors (Lipinski definition) is 0. The predicted octanol–water partition coefficient (Wildman–Crippen LogP) is 3.22. The highest BCUT2D eigenvalue weighted by atomic mass is 32.2. The Morgan fingerprint density at radius 1 is 1.36 bits per heavy atom. The smallest absolute Gasteiger partial charge is 0.416 e. The number of aldehydes is 1. The standard InChI is InChI=1S/C20H26N2O5S/c1-20(2,3)27-19(24)22(4)18-21-14-10-15(16(11-23)26-17(14)28-18)25-12-13-8-6-5-7-9-13/h5-9,11,14-17H,10,12H2,1-4H3/t14-,15+,16-,17-/m1/s1. The summed E-state index contributed by atoms with van der Waals surface area (Å²) in [6.07, 6.45) is -0.170. The summed E-state index contributed by atoms with van der Waals surface area (Å²) >= 11 is 1.33. The van der Waals surface area contributed by atoms with E-state index in [0.29, 0.717) is 18.2 Å². The van der Waals surface area contributed by atoms with Crippen molar-refractivity contribution in [3.63, 3.8) is 0 Å². The van der Waals surface area contributed by atoms with Crippen molar-refractivity contribution in [1.82, 2.24) is 4.90 Å². The van der Waals surface area contributed by atoms with Gasteiger partial charge in [-0.1, -0.05) is 42.1 Å². The van der Waals surface area contributed by atoms with E-state index >= 15 is 0 Å². The number of carbonyl (C=O) groups excluding carboxylic acids is 2. The summed E-state index contributed by atoms with van der Waals surface area (Å²) in [5.41, 5.74) is 0.132. The summed E-state index contributed by atoms with van der Waals surface area (Å²) in [7, 11) is 1.62. The van der Waals surface area contributed by atoms with Gasteiger partial charge >= 0.3 is 6.09 Å². The molecule has 0 N–H and O–H groups in total. The summed E-state index contributed by atoms with van der Waals surface area (Å²) in [6.45, 7) is 5.84. The van der Waals surface area contributed by atoms with E-state index in [-0.39, 0.29) is 17.6 Å². The zero-order valence-electron chi connectivity index (χ0n) is 16.5. The molecule has 1 aromatic carbocycles. The highest BCUT2D eigenvalue weighted by Gasteiger charge is 2.44. The Morgan fingerprint density at radius 2 is 2.07 bits per heavy atom. The lowest BCUT2D eigenvalue weighted by molar-refractivity contribution is -0.146. The third-order valence-corrected chi connectivity index (χ3v) is 5.59. The molecule has 8 heteroatoms. The molecule has 1 amide bonds. The first-order valence-electron chi connectivity index (χ1n) is 9.24. The van der Waals surface area contributed by atoms with E-state index < -0.39 is 17.8 Å². The first kappa shape index (κ1) is 20.8. The highest BCUT2D eigenvalue weighted by molar-refractivity contribution is 8.14. The van der Waals surface area contributed by atoms with Crippen LogP contribution in [0, 0.1) is 0 Å². The van der Waals surface area contributed by atoms with Gasteiger partial charge in [-0.3, -0.25) is 9.89 Å². The van der Waals surface area contributed by atoms with Crippen LogP contribution in [0.2, 0.25) is 0 Å². The molecule has 2 heterocycles. The molecule has 0 radical (unpaired) electrons. The minimum atomic E-state index is -0.654. The van der Waals surface area contributed by atoms with E-state index in [0.717, 1.165) is 11.8 Å². The van der Waals surface area contributed by atoms with Gasteiger partial charge in [0.25, 0.3) is 0 Å². The minimum absolute atomic E-state index is 0.179. The second kappa shape index (κ2) is 8.63. The maximum atomic E-state index is 12.3. The molecule has 152 valence electrons. The fourth-order valence-corrected chi connectivity index (χ4v) is 4.10. The third-order valence-electron chi connectivity index (χ3n) is 4.34. The predicted molar refractivity (Wildman–Crippen MR) is 107 cm³/mol. The first-order chi connectivity index (χ1) is 13.3. The van der Waals surface area contributed by atoms with Gasteiger partial charge in [-0.05, 0) is 26.3 Å². The molecule has 28 heavy (non-hydrogen) atoms. The van der Waals surface area contributed by atoms with Crippen molar-refractivity contribution in [2.75, 3.05) is 7.05 Å². The van der Waals surface area contributed by atoms with Crippen LogP contribution >= 0.6 is 11.8 Å². The Bertz CT molecular complexity index is 734. The number of fused-ring (bicyclic) bond motifs is 1. The molecule has 0 bridgehead atoms. The molecule has 1 aromatic rings. The largest absolute Gasteiger partial charge is 0.443 e. The topological polar surface area (TPSA) is 77.4 Å². The van der Waals surface area contributed by atoms with Crippen molar-refractivity contribution >= 4 is 29.3 Å². The van der Waals surface area contributed by atoms with E-state index in [2.05, 4.69) is 4.99 Å². The van der Waals surface area contributed by atoms with Gasteiger partial charge in [0.1, 0.15) is 17.1 Å². The first-order valence-corrected chi connectivity index (χ1v) is 10.1. The molecular weight excluding hydrogens is 380 g/mol. The Labute approximate surface area is 169 Å². The Kier molecular flexibility index (Phi) is 6.42. The monoisotopic (exact) mass is 406 g/mol. The number of nitrogens with zero attached hydrogens (tertiary/aromatic N) is 2. The van der Waals surface area contributed by atoms with E-state index in [1.54, 1.807) is 7.05 Å². The molecule has 1 fully saturated rings. The number of benzene rings is 1. The van der Waals surface area contributed by atoms with Crippen LogP contribution in [0.15, 0.2) is 35.3 Å². The van der Waals surface area contributed by atoms with Crippen LogP contribution < -0.4 is 0 Å². The number of hydrogen-bond acceptors (Lipinski definition) is 7. The lowest BCUT2D eigenvalue weighted by Crippen LogP contribution is -2.45. The number of rotatable bonds is 4. The van der Waals surface area contributed by atoms with Crippen LogP contribution in [0.3, 0.4) is 0 Å². The van der Waals surface area contributed by atoms with Gasteiger partial charge in [-0.15, -0.1) is 0 Å². The molecule has 0 aromatic heterocycles. The average Bonchev–Trinajstić information content (AvgIpc) is 3.07. The number of carbonyl (C=O) groups is 2. The van der Waals surface area contributed by atoms with Crippen molar-refractivity contribution in [3.8, 4) is 0 Å². The molecule has 2 aliphatic heterocycles. The van der Waals surface area contributed by atoms with Crippen LogP contribution in [0.4, 0.5) is 4.79 Å². The Hall–Kier alpha value is -1.90. The number of ether oxygens (including phenoxy) is 3. The second-order valence-electron chi connectivity index (χ2n) is 7.81. The van der Waals surface area contributed by atoms with Gasteiger partial charge < -0.3 is 19.0 Å². The van der Waals surface area contributed by atoms with Crippen molar-refractivity contribution in [2.24, 2.45) is 4.99 Å². The summed E-state index contributed by atoms with van der Waals surface area (Å²) < 4.78 is 17.2. The van der Waals surface area contributed by atoms with Gasteiger partial charge in [0, 0.05) is 13.5 Å². The summed E-state index contributed by atoms with van der Waals surface area (Å²) in [5.74, 6) is 0. The molecular formula is C20H26N2O5S. The molecule has 0 saturated carbocycles. The minimum Gasteiger partial charge on any atom is -0.443 e. The van der Waals surface area contributed by atoms with Crippen LogP contribution in [-0.2, 0) is 25.6 Å². The zero-order chi connectivity index (χ0) is 20.3. The molecule has 7 nitrogen and oxygen atoms in total. The summed E-state index contributed by atoms with van der Waals surface area (Å²) in [5, 5.41) is 0.526. The van der Waals surface area contributed by atoms with E-state index in [4.69, 9.17) is 14.2 Å². The lowest BCUT2D eigenvalue weighted by Gasteiger charge is -2.34. The van der Waals surface area contributed by atoms with Gasteiger partial charge in [0.2, 0.25) is 0 Å². The molecule has 0 unspecified atom stereocenters. The molecule has 3 rings (SSSR count). The van der Waals surface area contributed by atoms with E-state index in [1.807, 2.05) is 51.1 Å². The lowest BCUT2D eigenvalue weighted by atomic mass is 10.0. The quantitative estimate of drug-likeness (QED) is 0.715. The Balaban J connectivity index is 1.63. The zero-order valence-corrected chi connectivity index (χ0v) is 17.3. The number of amidine groups is 1. The summed E-state index contributed by atoms with van der Waals surface area (Å²) in [6, 6.07) is 9.60. The van der Waals surface area contributed by atoms with Crippen LogP contribution in [-0.4, -0.2) is 58.8 Å². The highest BCUT2D eigenvalue weighted by Crippen LogP contribution is 2.38. The van der Waals surface area contributed by atoms with Gasteiger partial charge in [0.05, 0.1) is 18.8 Å². The normalized spacial score (nSPS) is 26.9. The van der Waals surface area contributed by atoms with Crippen molar-refractivity contribution < 1.29 is 23.8 Å². The molecule has 2 aliphatic rings. The van der Waals surface area contributed by atoms with Crippen LogP contribution in [0.1, 0.15) is 32.8 Å². The van der Waals surface area contributed by atoms with Crippen molar-refractivity contribution in [2.45, 2.75) is 63.1 Å². The van der Waals surface area contributed by atoms with Gasteiger partial charge in [-0.25, -0.2) is 4.79 Å². The third kappa shape index (κ3) is 5.12. The molecule has 0 aliphatic carbocycles. The second-order valence-corrected chi connectivity index (χ2v) is 8.88. The maximum Gasteiger partial charge on any atom is 0.416 e. The van der Waals surface area contributed by atoms with Crippen LogP contribution in [0.5, 0.6) is 0 Å². The van der Waals surface area contributed by atoms with E-state index in [9.17, 15) is 9.59 Å². The Morgan fingerprint density at radius 3 is 2.71 bits per heavy atom. The maximum absolute atomic E-state index is 12.3. The van der Waals surface area contributed by atoms with Crippen molar-refractivity contribution in [3.05, 3.63) is 35.9 Å². The fourth-order valence-electron chi connectivity index (χ4n) is 2.95. The number of thioether (sulfide) groups is 1. The van der Waals surface area contributed by atoms with Crippen molar-refractivity contribution in [1.29, 1.82) is 0 Å². The SMILES string of the molecule is CN(C(=O)OC(C)(C)C)C1=N[C@@H]2C[C@H](OCc3ccccc3)[C@@H](C=O)O[C@@H]2S1. The average molecular weight is 407 g/mol. The van der Waals surface area contributed by atoms with Gasteiger partial charge in [0.15, 0.2) is 11.5 Å². The van der Waals surface area contributed by atoms with E-state index in [1.165, 1.54) is 16.7 Å². The number of aliphatic imine (C=N–C) groups is 1. The summed E-state index contributed by atoms with van der Waals surface area (Å²) in [4.78, 5) is 29.8. The van der Waals surface area contributed by atoms with Gasteiger partial charge in [-0.2, -0.15) is 0 Å². The van der Waals surface area contributed by atoms with Crippen LogP contribution in [0.25, 0.3) is 0 Å². The molecule has 4 atom stereocenters. The fraction of sp³-hybridized carbons (Fsp3) is 0.550.